The number of H-pyrrole nitrogens is 2. The molecule has 26 heavy (non-hydrogen) atoms. The van der Waals surface area contributed by atoms with E-state index in [4.69, 9.17) is 5.73 Å². The molecule has 6 nitrogen and oxygen atoms in total. The maximum atomic E-state index is 5.99. The van der Waals surface area contributed by atoms with E-state index in [0.29, 0.717) is 11.9 Å². The van der Waals surface area contributed by atoms with Crippen LogP contribution in [0.25, 0.3) is 33.3 Å². The molecular weight excluding hydrogens is 324 g/mol. The van der Waals surface area contributed by atoms with Crippen molar-refractivity contribution in [1.82, 2.24) is 24.8 Å². The zero-order chi connectivity index (χ0) is 18.4. The number of nitrogens with two attached hydrogens (primary N) is 1. The summed E-state index contributed by atoms with van der Waals surface area (Å²) in [5.41, 5.74) is 11.9. The van der Waals surface area contributed by atoms with Gasteiger partial charge < -0.3 is 15.7 Å². The first-order valence-electron chi connectivity index (χ1n) is 8.86. The lowest BCUT2D eigenvalue weighted by atomic mass is 10.1. The van der Waals surface area contributed by atoms with Crippen molar-refractivity contribution in [3.05, 3.63) is 41.7 Å². The summed E-state index contributed by atoms with van der Waals surface area (Å²) in [6.45, 7) is 7.26. The molecule has 0 bridgehead atoms. The number of aromatic nitrogens is 4. The first-order valence-corrected chi connectivity index (χ1v) is 8.86. The van der Waals surface area contributed by atoms with Crippen molar-refractivity contribution < 1.29 is 0 Å². The molecule has 0 unspecified atom stereocenters. The fourth-order valence-electron chi connectivity index (χ4n) is 3.23. The molecule has 0 saturated heterocycles. The van der Waals surface area contributed by atoms with Gasteiger partial charge in [-0.15, -0.1) is 0 Å². The van der Waals surface area contributed by atoms with Crippen LogP contribution in [0.1, 0.15) is 25.2 Å². The van der Waals surface area contributed by atoms with E-state index >= 15 is 0 Å². The van der Waals surface area contributed by atoms with Crippen molar-refractivity contribution in [1.29, 1.82) is 0 Å². The summed E-state index contributed by atoms with van der Waals surface area (Å²) < 4.78 is 0. The highest BCUT2D eigenvalue weighted by molar-refractivity contribution is 5.95. The number of pyridine rings is 1. The number of rotatable bonds is 4. The number of aromatic amines is 2. The first-order chi connectivity index (χ1) is 12.4. The van der Waals surface area contributed by atoms with E-state index in [0.717, 1.165) is 40.3 Å². The minimum Gasteiger partial charge on any atom is -0.384 e. The van der Waals surface area contributed by atoms with Crippen LogP contribution in [0.5, 0.6) is 0 Å². The highest BCUT2D eigenvalue weighted by atomic mass is 15.1. The van der Waals surface area contributed by atoms with E-state index in [9.17, 15) is 0 Å². The van der Waals surface area contributed by atoms with Crippen LogP contribution in [0.4, 0.5) is 5.82 Å². The number of aryl methyl sites for hydroxylation is 1. The molecule has 0 atom stereocenters. The molecule has 134 valence electrons. The summed E-state index contributed by atoms with van der Waals surface area (Å²) in [6, 6.07) is 11.1. The number of nitrogen functional groups attached to an aromatic ring is 1. The molecule has 0 radical (unpaired) electrons. The van der Waals surface area contributed by atoms with Gasteiger partial charge in [-0.25, -0.2) is 9.97 Å². The zero-order valence-electron chi connectivity index (χ0n) is 15.6. The summed E-state index contributed by atoms with van der Waals surface area (Å²) in [4.78, 5) is 17.9. The van der Waals surface area contributed by atoms with E-state index in [1.807, 2.05) is 13.0 Å². The molecule has 4 N–H and O–H groups in total. The standard InChI is InChI=1S/C20H24N6/c1-11(2)26(4)10-13-5-6-16-14(7-13)8-17(24-16)15-9-18(21)25-20-19(15)22-12(3)23-20/h5-9,11,24H,10H2,1-4H3,(H3,21,22,23,25). The Morgan fingerprint density at radius 1 is 1.12 bits per heavy atom. The number of nitrogens with one attached hydrogen (secondary N) is 2. The number of benzene rings is 1. The molecule has 3 aromatic heterocycles. The quantitative estimate of drug-likeness (QED) is 0.523. The Kier molecular flexibility index (Phi) is 3.92. The van der Waals surface area contributed by atoms with Gasteiger partial charge in [0, 0.05) is 34.7 Å². The number of hydrogen-bond donors (Lipinski definition) is 3. The van der Waals surface area contributed by atoms with Gasteiger partial charge in [-0.1, -0.05) is 6.07 Å². The molecule has 0 saturated carbocycles. The highest BCUT2D eigenvalue weighted by Crippen LogP contribution is 2.30. The minimum absolute atomic E-state index is 0.481. The largest absolute Gasteiger partial charge is 0.384 e. The lowest BCUT2D eigenvalue weighted by molar-refractivity contribution is 0.266. The van der Waals surface area contributed by atoms with Crippen LogP contribution >= 0.6 is 0 Å². The Morgan fingerprint density at radius 3 is 2.69 bits per heavy atom. The zero-order valence-corrected chi connectivity index (χ0v) is 15.6. The van der Waals surface area contributed by atoms with Gasteiger partial charge in [-0.05, 0) is 57.6 Å². The van der Waals surface area contributed by atoms with Gasteiger partial charge in [0.2, 0.25) is 0 Å². The van der Waals surface area contributed by atoms with Crippen molar-refractivity contribution >= 4 is 27.9 Å². The molecule has 1 aromatic carbocycles. The maximum absolute atomic E-state index is 5.99. The van der Waals surface area contributed by atoms with Crippen LogP contribution in [0, 0.1) is 6.92 Å². The number of anilines is 1. The third-order valence-corrected chi connectivity index (χ3v) is 4.88. The Bertz CT molecular complexity index is 1090. The summed E-state index contributed by atoms with van der Waals surface area (Å²) in [7, 11) is 2.15. The van der Waals surface area contributed by atoms with Gasteiger partial charge in [0.05, 0.1) is 0 Å². The Balaban J connectivity index is 1.78. The molecule has 6 heteroatoms. The molecule has 3 heterocycles. The normalized spacial score (nSPS) is 12.1. The van der Waals surface area contributed by atoms with Crippen LogP contribution in [0.15, 0.2) is 30.3 Å². The summed E-state index contributed by atoms with van der Waals surface area (Å²) >= 11 is 0. The molecule has 0 aliphatic heterocycles. The maximum Gasteiger partial charge on any atom is 0.160 e. The van der Waals surface area contributed by atoms with Crippen LogP contribution in [0.3, 0.4) is 0 Å². The predicted octanol–water partition coefficient (Wildman–Crippen LogP) is 3.84. The number of imidazole rings is 1. The Hall–Kier alpha value is -2.86. The van der Waals surface area contributed by atoms with Gasteiger partial charge >= 0.3 is 0 Å². The van der Waals surface area contributed by atoms with Crippen molar-refractivity contribution in [3.63, 3.8) is 0 Å². The molecule has 4 aromatic rings. The molecular formula is C20H24N6. The van der Waals surface area contributed by atoms with Gasteiger partial charge in [0.25, 0.3) is 0 Å². The van der Waals surface area contributed by atoms with Crippen molar-refractivity contribution in [2.24, 2.45) is 0 Å². The fraction of sp³-hybridized carbons (Fsp3) is 0.300. The van der Waals surface area contributed by atoms with Crippen molar-refractivity contribution in [2.45, 2.75) is 33.4 Å². The number of hydrogen-bond acceptors (Lipinski definition) is 4. The second kappa shape index (κ2) is 6.14. The SMILES string of the molecule is Cc1nc2c(-c3cc4cc(CN(C)C(C)C)ccc4[nH]3)cc(N)nc2[nH]1. The fourth-order valence-corrected chi connectivity index (χ4v) is 3.23. The molecule has 0 spiro atoms. The van der Waals surface area contributed by atoms with E-state index in [1.165, 1.54) is 10.9 Å². The summed E-state index contributed by atoms with van der Waals surface area (Å²) in [6.07, 6.45) is 0. The molecule has 0 aliphatic rings. The number of fused-ring (bicyclic) bond motifs is 2. The first kappa shape index (κ1) is 16.6. The van der Waals surface area contributed by atoms with Gasteiger partial charge in [-0.3, -0.25) is 4.90 Å². The lowest BCUT2D eigenvalue weighted by Gasteiger charge is -2.20. The van der Waals surface area contributed by atoms with E-state index in [2.05, 4.69) is 70.0 Å². The third kappa shape index (κ3) is 2.93. The molecule has 0 amide bonds. The average Bonchev–Trinajstić information content (AvgIpc) is 3.15. The van der Waals surface area contributed by atoms with Gasteiger partial charge in [-0.2, -0.15) is 0 Å². The van der Waals surface area contributed by atoms with Crippen molar-refractivity contribution in [2.75, 3.05) is 12.8 Å². The molecule has 4 rings (SSSR count). The minimum atomic E-state index is 0.481. The van der Waals surface area contributed by atoms with Gasteiger partial charge in [0.1, 0.15) is 17.2 Å². The smallest absolute Gasteiger partial charge is 0.160 e. The van der Waals surface area contributed by atoms with Crippen LogP contribution in [-0.4, -0.2) is 37.9 Å². The number of nitrogens with zero attached hydrogens (tertiary/aromatic N) is 3. The van der Waals surface area contributed by atoms with E-state index < -0.39 is 0 Å². The Labute approximate surface area is 152 Å². The summed E-state index contributed by atoms with van der Waals surface area (Å²) in [5, 5.41) is 1.19. The lowest BCUT2D eigenvalue weighted by Crippen LogP contribution is -2.25. The van der Waals surface area contributed by atoms with Crippen LogP contribution in [-0.2, 0) is 6.54 Å². The second-order valence-corrected chi connectivity index (χ2v) is 7.23. The molecule has 0 fully saturated rings. The monoisotopic (exact) mass is 348 g/mol. The van der Waals surface area contributed by atoms with Crippen LogP contribution < -0.4 is 5.73 Å². The summed E-state index contributed by atoms with van der Waals surface area (Å²) in [5.74, 6) is 1.31. The van der Waals surface area contributed by atoms with E-state index in [-0.39, 0.29) is 0 Å². The van der Waals surface area contributed by atoms with E-state index in [1.54, 1.807) is 0 Å². The average molecular weight is 348 g/mol. The van der Waals surface area contributed by atoms with Crippen molar-refractivity contribution in [3.8, 4) is 11.3 Å². The van der Waals surface area contributed by atoms with Crippen LogP contribution in [0.2, 0.25) is 0 Å². The topological polar surface area (TPSA) is 86.6 Å². The Morgan fingerprint density at radius 2 is 1.92 bits per heavy atom. The highest BCUT2D eigenvalue weighted by Gasteiger charge is 2.13. The third-order valence-electron chi connectivity index (χ3n) is 4.88. The van der Waals surface area contributed by atoms with Gasteiger partial charge in [0.15, 0.2) is 5.65 Å². The predicted molar refractivity (Wildman–Crippen MR) is 107 cm³/mol. The second-order valence-electron chi connectivity index (χ2n) is 7.23. The molecule has 0 aliphatic carbocycles.